The van der Waals surface area contributed by atoms with Gasteiger partial charge in [0.05, 0.1) is 5.92 Å². The van der Waals surface area contributed by atoms with Crippen molar-refractivity contribution >= 4 is 5.97 Å². The van der Waals surface area contributed by atoms with Crippen LogP contribution in [-0.4, -0.2) is 11.1 Å². The molecule has 0 aliphatic carbocycles. The van der Waals surface area contributed by atoms with E-state index in [1.165, 1.54) is 0 Å². The Morgan fingerprint density at radius 3 is 2.62 bits per heavy atom. The van der Waals surface area contributed by atoms with E-state index in [1.807, 2.05) is 19.1 Å². The number of hydrogen-bond donors (Lipinski definition) is 1. The van der Waals surface area contributed by atoms with Gasteiger partial charge in [0.2, 0.25) is 0 Å². The van der Waals surface area contributed by atoms with Gasteiger partial charge in [-0.05, 0) is 19.8 Å². The van der Waals surface area contributed by atoms with Gasteiger partial charge in [-0.25, -0.2) is 0 Å². The highest BCUT2D eigenvalue weighted by Crippen LogP contribution is 2.14. The van der Waals surface area contributed by atoms with Crippen molar-refractivity contribution in [3.05, 3.63) is 12.2 Å². The van der Waals surface area contributed by atoms with Crippen molar-refractivity contribution in [2.24, 2.45) is 5.92 Å². The molecule has 0 radical (unpaired) electrons. The first-order valence-electron chi connectivity index (χ1n) is 5.06. The molecular formula is C11H20O2. The number of aliphatic carboxylic acids is 1. The molecule has 13 heavy (non-hydrogen) atoms. The highest BCUT2D eigenvalue weighted by atomic mass is 16.4. The molecule has 0 rings (SSSR count). The summed E-state index contributed by atoms with van der Waals surface area (Å²) in [5.41, 5.74) is 0. The summed E-state index contributed by atoms with van der Waals surface area (Å²) in [4.78, 5) is 10.8. The molecule has 1 atom stereocenters. The fourth-order valence-corrected chi connectivity index (χ4v) is 1.28. The maximum atomic E-state index is 10.8. The van der Waals surface area contributed by atoms with Crippen molar-refractivity contribution < 1.29 is 9.90 Å². The third kappa shape index (κ3) is 6.38. The fourth-order valence-electron chi connectivity index (χ4n) is 1.28. The molecule has 0 heterocycles. The van der Waals surface area contributed by atoms with E-state index < -0.39 is 5.97 Å². The Morgan fingerprint density at radius 1 is 1.46 bits per heavy atom. The van der Waals surface area contributed by atoms with Gasteiger partial charge in [0.1, 0.15) is 0 Å². The van der Waals surface area contributed by atoms with Gasteiger partial charge in [0.25, 0.3) is 0 Å². The molecule has 0 saturated carbocycles. The van der Waals surface area contributed by atoms with Crippen LogP contribution in [0.2, 0.25) is 0 Å². The summed E-state index contributed by atoms with van der Waals surface area (Å²) >= 11 is 0. The highest BCUT2D eigenvalue weighted by molar-refractivity contribution is 5.70. The van der Waals surface area contributed by atoms with Crippen molar-refractivity contribution in [2.45, 2.75) is 46.0 Å². The van der Waals surface area contributed by atoms with Crippen molar-refractivity contribution in [3.63, 3.8) is 0 Å². The maximum absolute atomic E-state index is 10.8. The normalized spacial score (nSPS) is 13.4. The van der Waals surface area contributed by atoms with Gasteiger partial charge < -0.3 is 5.11 Å². The van der Waals surface area contributed by atoms with E-state index in [0.717, 1.165) is 25.7 Å². The quantitative estimate of drug-likeness (QED) is 0.487. The van der Waals surface area contributed by atoms with E-state index in [4.69, 9.17) is 5.11 Å². The number of unbranched alkanes of at least 4 members (excludes halogenated alkanes) is 2. The third-order valence-electron chi connectivity index (χ3n) is 2.16. The lowest BCUT2D eigenvalue weighted by Crippen LogP contribution is -2.12. The molecule has 0 aliphatic heterocycles. The Labute approximate surface area is 80.7 Å². The summed E-state index contributed by atoms with van der Waals surface area (Å²) in [6.45, 7) is 4.05. The Balaban J connectivity index is 3.74. The molecule has 0 aromatic carbocycles. The Kier molecular flexibility index (Phi) is 7.36. The lowest BCUT2D eigenvalue weighted by Gasteiger charge is -2.08. The molecule has 2 heteroatoms. The summed E-state index contributed by atoms with van der Waals surface area (Å²) in [6.07, 6.45) is 8.66. The second kappa shape index (κ2) is 7.84. The van der Waals surface area contributed by atoms with Crippen LogP contribution in [0.1, 0.15) is 46.0 Å². The summed E-state index contributed by atoms with van der Waals surface area (Å²) < 4.78 is 0. The van der Waals surface area contributed by atoms with E-state index in [9.17, 15) is 4.79 Å². The van der Waals surface area contributed by atoms with Gasteiger partial charge in [0, 0.05) is 0 Å². The molecule has 0 saturated heterocycles. The van der Waals surface area contributed by atoms with E-state index in [-0.39, 0.29) is 5.92 Å². The largest absolute Gasteiger partial charge is 0.481 e. The minimum atomic E-state index is -0.658. The first kappa shape index (κ1) is 12.2. The van der Waals surface area contributed by atoms with Crippen LogP contribution in [0.15, 0.2) is 12.2 Å². The first-order chi connectivity index (χ1) is 6.22. The van der Waals surface area contributed by atoms with Gasteiger partial charge in [0.15, 0.2) is 0 Å². The highest BCUT2D eigenvalue weighted by Gasteiger charge is 2.14. The van der Waals surface area contributed by atoms with Crippen molar-refractivity contribution in [1.29, 1.82) is 0 Å². The molecule has 0 amide bonds. The van der Waals surface area contributed by atoms with Crippen LogP contribution in [0.3, 0.4) is 0 Å². The summed E-state index contributed by atoms with van der Waals surface area (Å²) in [5, 5.41) is 8.87. The van der Waals surface area contributed by atoms with Crippen LogP contribution in [0.5, 0.6) is 0 Å². The van der Waals surface area contributed by atoms with Crippen molar-refractivity contribution in [1.82, 2.24) is 0 Å². The topological polar surface area (TPSA) is 37.3 Å². The predicted octanol–water partition coefficient (Wildman–Crippen LogP) is 3.23. The van der Waals surface area contributed by atoms with Gasteiger partial charge in [-0.1, -0.05) is 38.3 Å². The van der Waals surface area contributed by atoms with Gasteiger partial charge in [-0.3, -0.25) is 4.79 Å². The van der Waals surface area contributed by atoms with Crippen LogP contribution in [-0.2, 0) is 4.79 Å². The van der Waals surface area contributed by atoms with Gasteiger partial charge in [-0.2, -0.15) is 0 Å². The van der Waals surface area contributed by atoms with Crippen molar-refractivity contribution in [2.75, 3.05) is 0 Å². The molecule has 0 aromatic heterocycles. The summed E-state index contributed by atoms with van der Waals surface area (Å²) in [7, 11) is 0. The van der Waals surface area contributed by atoms with Gasteiger partial charge >= 0.3 is 5.97 Å². The van der Waals surface area contributed by atoms with Crippen LogP contribution in [0.4, 0.5) is 0 Å². The fraction of sp³-hybridized carbons (Fsp3) is 0.727. The zero-order chi connectivity index (χ0) is 10.1. The molecule has 0 fully saturated rings. The average molecular weight is 184 g/mol. The number of rotatable bonds is 7. The van der Waals surface area contributed by atoms with Crippen molar-refractivity contribution in [3.8, 4) is 0 Å². The third-order valence-corrected chi connectivity index (χ3v) is 2.16. The van der Waals surface area contributed by atoms with Crippen LogP contribution in [0, 0.1) is 5.92 Å². The summed E-state index contributed by atoms with van der Waals surface area (Å²) in [5.74, 6) is -0.836. The van der Waals surface area contributed by atoms with Crippen LogP contribution in [0.25, 0.3) is 0 Å². The zero-order valence-electron chi connectivity index (χ0n) is 8.62. The number of carboxylic acid groups (broad SMARTS) is 1. The maximum Gasteiger partial charge on any atom is 0.306 e. The van der Waals surface area contributed by atoms with Crippen LogP contribution < -0.4 is 0 Å². The number of carbonyl (C=O) groups is 1. The smallest absolute Gasteiger partial charge is 0.306 e. The lowest BCUT2D eigenvalue weighted by molar-refractivity contribution is -0.141. The average Bonchev–Trinajstić information content (AvgIpc) is 2.10. The molecule has 0 bridgehead atoms. The molecule has 1 unspecified atom stereocenters. The molecule has 0 aliphatic rings. The first-order valence-corrected chi connectivity index (χ1v) is 5.06. The van der Waals surface area contributed by atoms with E-state index >= 15 is 0 Å². The SMILES string of the molecule is C/C=C/CC(CCCCC)C(=O)O. The lowest BCUT2D eigenvalue weighted by atomic mass is 9.98. The second-order valence-electron chi connectivity index (χ2n) is 3.34. The molecule has 0 spiro atoms. The molecular weight excluding hydrogens is 164 g/mol. The molecule has 1 N–H and O–H groups in total. The standard InChI is InChI=1S/C11H20O2/c1-3-5-7-9-10(11(12)13)8-6-4-2/h4,6,10H,3,5,7-9H2,1-2H3,(H,12,13)/b6-4+. The second-order valence-corrected chi connectivity index (χ2v) is 3.34. The number of carboxylic acids is 1. The van der Waals surface area contributed by atoms with E-state index in [2.05, 4.69) is 6.92 Å². The van der Waals surface area contributed by atoms with Crippen LogP contribution >= 0.6 is 0 Å². The molecule has 2 nitrogen and oxygen atoms in total. The Bertz CT molecular complexity index is 161. The monoisotopic (exact) mass is 184 g/mol. The Hall–Kier alpha value is -0.790. The van der Waals surface area contributed by atoms with Gasteiger partial charge in [-0.15, -0.1) is 0 Å². The van der Waals surface area contributed by atoms with E-state index in [1.54, 1.807) is 0 Å². The van der Waals surface area contributed by atoms with E-state index in [0.29, 0.717) is 6.42 Å². The zero-order valence-corrected chi connectivity index (χ0v) is 8.62. The number of allylic oxidation sites excluding steroid dienone is 2. The summed E-state index contributed by atoms with van der Waals surface area (Å²) in [6, 6.07) is 0. The number of hydrogen-bond acceptors (Lipinski definition) is 1. The minimum Gasteiger partial charge on any atom is -0.481 e. The Morgan fingerprint density at radius 2 is 2.15 bits per heavy atom. The molecule has 76 valence electrons. The minimum absolute atomic E-state index is 0.178. The molecule has 0 aromatic rings. The predicted molar refractivity (Wildman–Crippen MR) is 54.7 cm³/mol.